The van der Waals surface area contributed by atoms with E-state index < -0.39 is 0 Å². The molecule has 0 radical (unpaired) electrons. The summed E-state index contributed by atoms with van der Waals surface area (Å²) in [4.78, 5) is 12.1. The third-order valence-corrected chi connectivity index (χ3v) is 3.18. The zero-order valence-electron chi connectivity index (χ0n) is 12.8. The first kappa shape index (κ1) is 16.8. The monoisotopic (exact) mass is 280 g/mol. The number of methoxy groups -OCH3 is 1. The number of benzene rings is 1. The van der Waals surface area contributed by atoms with Crippen LogP contribution in [0.2, 0.25) is 0 Å². The lowest BCUT2D eigenvalue weighted by Gasteiger charge is -2.09. The second kappa shape index (κ2) is 8.84. The molecular formula is C16H24O4. The number of Topliss-reactive ketones (excluding diaryl/α,β-unsaturated/α-hetero) is 1. The van der Waals surface area contributed by atoms with Crippen molar-refractivity contribution in [3.63, 3.8) is 0 Å². The molecule has 4 heteroatoms. The van der Waals surface area contributed by atoms with Gasteiger partial charge in [-0.3, -0.25) is 4.79 Å². The van der Waals surface area contributed by atoms with Crippen molar-refractivity contribution in [3.8, 4) is 0 Å². The topological polar surface area (TPSA) is 44.8 Å². The summed E-state index contributed by atoms with van der Waals surface area (Å²) in [5, 5.41) is 0. The van der Waals surface area contributed by atoms with E-state index in [4.69, 9.17) is 14.2 Å². The Kier molecular flexibility index (Phi) is 7.44. The molecule has 0 fully saturated rings. The summed E-state index contributed by atoms with van der Waals surface area (Å²) in [6, 6.07) is 3.97. The Morgan fingerprint density at radius 3 is 2.20 bits per heavy atom. The summed E-state index contributed by atoms with van der Waals surface area (Å²) in [5.41, 5.74) is 4.07. The summed E-state index contributed by atoms with van der Waals surface area (Å²) in [5.74, 6) is 0.0162. The molecule has 1 rings (SSSR count). The first-order valence-corrected chi connectivity index (χ1v) is 6.81. The zero-order valence-corrected chi connectivity index (χ0v) is 12.8. The van der Waals surface area contributed by atoms with E-state index >= 15 is 0 Å². The van der Waals surface area contributed by atoms with E-state index in [9.17, 15) is 4.79 Å². The third-order valence-electron chi connectivity index (χ3n) is 3.18. The van der Waals surface area contributed by atoms with Crippen LogP contribution in [0.15, 0.2) is 12.1 Å². The van der Waals surface area contributed by atoms with Crippen molar-refractivity contribution in [1.82, 2.24) is 0 Å². The maximum absolute atomic E-state index is 12.1. The van der Waals surface area contributed by atoms with E-state index in [1.165, 1.54) is 5.56 Å². The molecule has 0 N–H and O–H groups in total. The van der Waals surface area contributed by atoms with Crippen LogP contribution in [0, 0.1) is 20.8 Å². The minimum Gasteiger partial charge on any atom is -0.382 e. The molecule has 0 unspecified atom stereocenters. The first-order chi connectivity index (χ1) is 9.56. The van der Waals surface area contributed by atoms with Gasteiger partial charge >= 0.3 is 0 Å². The maximum atomic E-state index is 12.1. The van der Waals surface area contributed by atoms with Gasteiger partial charge in [-0.15, -0.1) is 0 Å². The largest absolute Gasteiger partial charge is 0.382 e. The van der Waals surface area contributed by atoms with Gasteiger partial charge in [0.25, 0.3) is 0 Å². The number of hydrogen-bond acceptors (Lipinski definition) is 4. The molecule has 0 saturated heterocycles. The summed E-state index contributed by atoms with van der Waals surface area (Å²) in [6.45, 7) is 8.11. The smallest absolute Gasteiger partial charge is 0.188 e. The van der Waals surface area contributed by atoms with Crippen molar-refractivity contribution in [1.29, 1.82) is 0 Å². The highest BCUT2D eigenvalue weighted by molar-refractivity contribution is 5.98. The number of ketones is 1. The molecular weight excluding hydrogens is 256 g/mol. The lowest BCUT2D eigenvalue weighted by Crippen LogP contribution is -2.15. The molecule has 1 aromatic carbocycles. The van der Waals surface area contributed by atoms with Crippen molar-refractivity contribution < 1.29 is 19.0 Å². The summed E-state index contributed by atoms with van der Waals surface area (Å²) >= 11 is 0. The molecule has 0 spiro atoms. The van der Waals surface area contributed by atoms with Crippen LogP contribution < -0.4 is 0 Å². The number of carbonyl (C=O) groups is 1. The van der Waals surface area contributed by atoms with E-state index in [0.717, 1.165) is 16.7 Å². The fourth-order valence-corrected chi connectivity index (χ4v) is 1.87. The molecule has 1 aromatic rings. The Hall–Kier alpha value is -1.23. The van der Waals surface area contributed by atoms with E-state index in [-0.39, 0.29) is 12.4 Å². The standard InChI is InChI=1S/C16H24O4/c1-12-9-14(3)15(10-13(12)2)16(17)11-20-8-7-19-6-5-18-4/h9-10H,5-8,11H2,1-4H3. The number of carbonyl (C=O) groups excluding carboxylic acids is 1. The predicted molar refractivity (Wildman–Crippen MR) is 78.5 cm³/mol. The summed E-state index contributed by atoms with van der Waals surface area (Å²) in [6.07, 6.45) is 0. The lowest BCUT2D eigenvalue weighted by atomic mass is 9.98. The number of rotatable bonds is 9. The van der Waals surface area contributed by atoms with Crippen LogP contribution in [0.25, 0.3) is 0 Å². The van der Waals surface area contributed by atoms with Gasteiger partial charge in [-0.2, -0.15) is 0 Å². The second-order valence-electron chi connectivity index (χ2n) is 4.83. The normalized spacial score (nSPS) is 10.8. The quantitative estimate of drug-likeness (QED) is 0.515. The Balaban J connectivity index is 2.34. The van der Waals surface area contributed by atoms with Crippen LogP contribution in [0.4, 0.5) is 0 Å². The van der Waals surface area contributed by atoms with Crippen LogP contribution in [-0.4, -0.2) is 45.9 Å². The summed E-state index contributed by atoms with van der Waals surface area (Å²) in [7, 11) is 1.63. The van der Waals surface area contributed by atoms with Crippen LogP contribution in [0.1, 0.15) is 27.0 Å². The number of ether oxygens (including phenoxy) is 3. The van der Waals surface area contributed by atoms with Crippen molar-refractivity contribution in [3.05, 3.63) is 34.4 Å². The SMILES string of the molecule is COCCOCCOCC(=O)c1cc(C)c(C)cc1C. The fourth-order valence-electron chi connectivity index (χ4n) is 1.87. The van der Waals surface area contributed by atoms with Gasteiger partial charge in [-0.25, -0.2) is 0 Å². The van der Waals surface area contributed by atoms with Gasteiger partial charge in [-0.1, -0.05) is 6.07 Å². The van der Waals surface area contributed by atoms with Gasteiger partial charge < -0.3 is 14.2 Å². The van der Waals surface area contributed by atoms with Gasteiger partial charge in [0.15, 0.2) is 5.78 Å². The highest BCUT2D eigenvalue weighted by Crippen LogP contribution is 2.15. The van der Waals surface area contributed by atoms with Crippen molar-refractivity contribution in [2.24, 2.45) is 0 Å². The molecule has 4 nitrogen and oxygen atoms in total. The van der Waals surface area contributed by atoms with Crippen LogP contribution in [-0.2, 0) is 14.2 Å². The van der Waals surface area contributed by atoms with Crippen molar-refractivity contribution in [2.75, 3.05) is 40.1 Å². The number of aryl methyl sites for hydroxylation is 3. The van der Waals surface area contributed by atoms with E-state index in [0.29, 0.717) is 26.4 Å². The minimum absolute atomic E-state index is 0.0162. The first-order valence-electron chi connectivity index (χ1n) is 6.81. The fraction of sp³-hybridized carbons (Fsp3) is 0.562. The van der Waals surface area contributed by atoms with E-state index in [2.05, 4.69) is 0 Å². The predicted octanol–water partition coefficient (Wildman–Crippen LogP) is 2.47. The Morgan fingerprint density at radius 2 is 1.50 bits per heavy atom. The minimum atomic E-state index is 0.0162. The molecule has 0 amide bonds. The molecule has 0 saturated carbocycles. The van der Waals surface area contributed by atoms with Crippen molar-refractivity contribution >= 4 is 5.78 Å². The highest BCUT2D eigenvalue weighted by atomic mass is 16.5. The third kappa shape index (κ3) is 5.41. The second-order valence-corrected chi connectivity index (χ2v) is 4.83. The zero-order chi connectivity index (χ0) is 15.0. The average molecular weight is 280 g/mol. The summed E-state index contributed by atoms with van der Waals surface area (Å²) < 4.78 is 15.5. The van der Waals surface area contributed by atoms with Crippen LogP contribution in [0.5, 0.6) is 0 Å². The molecule has 112 valence electrons. The van der Waals surface area contributed by atoms with Gasteiger partial charge in [0.1, 0.15) is 6.61 Å². The molecule has 20 heavy (non-hydrogen) atoms. The van der Waals surface area contributed by atoms with Gasteiger partial charge in [-0.05, 0) is 43.5 Å². The molecule has 0 aromatic heterocycles. The van der Waals surface area contributed by atoms with E-state index in [1.54, 1.807) is 7.11 Å². The van der Waals surface area contributed by atoms with Crippen LogP contribution in [0.3, 0.4) is 0 Å². The number of hydrogen-bond donors (Lipinski definition) is 0. The molecule has 0 aliphatic rings. The molecule has 0 bridgehead atoms. The van der Waals surface area contributed by atoms with Gasteiger partial charge in [0, 0.05) is 12.7 Å². The Bertz CT molecular complexity index is 440. The highest BCUT2D eigenvalue weighted by Gasteiger charge is 2.10. The van der Waals surface area contributed by atoms with Crippen molar-refractivity contribution in [2.45, 2.75) is 20.8 Å². The van der Waals surface area contributed by atoms with Gasteiger partial charge in [0.2, 0.25) is 0 Å². The van der Waals surface area contributed by atoms with Gasteiger partial charge in [0.05, 0.1) is 26.4 Å². The lowest BCUT2D eigenvalue weighted by molar-refractivity contribution is 0.0253. The Morgan fingerprint density at radius 1 is 0.900 bits per heavy atom. The van der Waals surface area contributed by atoms with E-state index in [1.807, 2.05) is 32.9 Å². The Labute approximate surface area is 121 Å². The van der Waals surface area contributed by atoms with Crippen LogP contribution >= 0.6 is 0 Å². The molecule has 0 aliphatic heterocycles. The molecule has 0 atom stereocenters. The average Bonchev–Trinajstić information content (AvgIpc) is 2.41. The maximum Gasteiger partial charge on any atom is 0.188 e. The molecule has 0 aliphatic carbocycles. The molecule has 0 heterocycles.